The van der Waals surface area contributed by atoms with E-state index < -0.39 is 0 Å². The minimum atomic E-state index is 0.656. The van der Waals surface area contributed by atoms with E-state index in [4.69, 9.17) is 0 Å². The summed E-state index contributed by atoms with van der Waals surface area (Å²) in [4.78, 5) is 2.47. The first kappa shape index (κ1) is 10.4. The minimum Gasteiger partial charge on any atom is -0.312 e. The number of nitrogens with zero attached hydrogens (tertiary/aromatic N) is 1. The van der Waals surface area contributed by atoms with Crippen LogP contribution in [0.25, 0.3) is 0 Å². The van der Waals surface area contributed by atoms with Gasteiger partial charge in [-0.05, 0) is 51.2 Å². The zero-order valence-corrected chi connectivity index (χ0v) is 9.84. The number of nitrogens with one attached hydrogen (secondary N) is 1. The first-order valence-corrected chi connectivity index (χ1v) is 6.04. The lowest BCUT2D eigenvalue weighted by atomic mass is 9.60. The van der Waals surface area contributed by atoms with E-state index in [0.717, 1.165) is 11.5 Å². The molecule has 2 nitrogen and oxygen atoms in total. The van der Waals surface area contributed by atoms with Crippen molar-refractivity contribution in [2.75, 3.05) is 20.1 Å². The molecule has 0 bridgehead atoms. The van der Waals surface area contributed by atoms with E-state index in [-0.39, 0.29) is 0 Å². The van der Waals surface area contributed by atoms with Crippen molar-refractivity contribution >= 4 is 0 Å². The van der Waals surface area contributed by atoms with Crippen LogP contribution in [-0.4, -0.2) is 37.1 Å². The zero-order valence-electron chi connectivity index (χ0n) is 9.84. The first-order valence-electron chi connectivity index (χ1n) is 6.04. The Hall–Kier alpha value is -0.0800. The van der Waals surface area contributed by atoms with Crippen molar-refractivity contribution < 1.29 is 0 Å². The lowest BCUT2D eigenvalue weighted by Crippen LogP contribution is -2.54. The molecule has 0 aromatic carbocycles. The Morgan fingerprint density at radius 2 is 1.79 bits per heavy atom. The van der Waals surface area contributed by atoms with Crippen molar-refractivity contribution in [3.05, 3.63) is 0 Å². The second-order valence-corrected chi connectivity index (χ2v) is 5.73. The molecule has 14 heavy (non-hydrogen) atoms. The summed E-state index contributed by atoms with van der Waals surface area (Å²) in [5.41, 5.74) is 0.735. The highest BCUT2D eigenvalue weighted by Gasteiger charge is 2.45. The largest absolute Gasteiger partial charge is 0.312 e. The monoisotopic (exact) mass is 196 g/mol. The Morgan fingerprint density at radius 1 is 1.21 bits per heavy atom. The van der Waals surface area contributed by atoms with Gasteiger partial charge in [-0.25, -0.2) is 0 Å². The van der Waals surface area contributed by atoms with Gasteiger partial charge in [0.2, 0.25) is 0 Å². The highest BCUT2D eigenvalue weighted by atomic mass is 15.1. The maximum absolute atomic E-state index is 3.65. The summed E-state index contributed by atoms with van der Waals surface area (Å²) >= 11 is 0. The highest BCUT2D eigenvalue weighted by Crippen LogP contribution is 2.48. The summed E-state index contributed by atoms with van der Waals surface area (Å²) < 4.78 is 0. The third-order valence-electron chi connectivity index (χ3n) is 3.98. The third kappa shape index (κ3) is 2.12. The van der Waals surface area contributed by atoms with Crippen LogP contribution in [-0.2, 0) is 0 Å². The van der Waals surface area contributed by atoms with Gasteiger partial charge in [0, 0.05) is 12.1 Å². The molecule has 0 amide bonds. The molecular weight excluding hydrogens is 172 g/mol. The van der Waals surface area contributed by atoms with E-state index in [1.165, 1.54) is 38.8 Å². The molecule has 2 fully saturated rings. The first-order chi connectivity index (χ1) is 6.60. The summed E-state index contributed by atoms with van der Waals surface area (Å²) in [5, 5.41) is 3.65. The molecule has 1 saturated carbocycles. The van der Waals surface area contributed by atoms with Crippen LogP contribution >= 0.6 is 0 Å². The van der Waals surface area contributed by atoms with Gasteiger partial charge in [0.25, 0.3) is 0 Å². The van der Waals surface area contributed by atoms with Gasteiger partial charge >= 0.3 is 0 Å². The Bertz CT molecular complexity index is 184. The molecule has 1 spiro atoms. The van der Waals surface area contributed by atoms with Crippen LogP contribution in [0.15, 0.2) is 0 Å². The average Bonchev–Trinajstić information content (AvgIpc) is 2.05. The maximum Gasteiger partial charge on any atom is 0.00800 e. The summed E-state index contributed by atoms with van der Waals surface area (Å²) in [5.74, 6) is 0. The molecule has 82 valence electrons. The molecule has 1 aliphatic carbocycles. The second-order valence-electron chi connectivity index (χ2n) is 5.73. The summed E-state index contributed by atoms with van der Waals surface area (Å²) in [6.45, 7) is 7.13. The van der Waals surface area contributed by atoms with Crippen LogP contribution in [0.1, 0.15) is 39.5 Å². The van der Waals surface area contributed by atoms with Gasteiger partial charge in [-0.1, -0.05) is 13.8 Å². The van der Waals surface area contributed by atoms with Crippen molar-refractivity contribution in [3.8, 4) is 0 Å². The molecule has 2 rings (SSSR count). The van der Waals surface area contributed by atoms with E-state index in [1.54, 1.807) is 0 Å². The van der Waals surface area contributed by atoms with E-state index in [1.807, 2.05) is 0 Å². The molecule has 0 radical (unpaired) electrons. The van der Waals surface area contributed by atoms with Gasteiger partial charge in [0.15, 0.2) is 0 Å². The molecule has 0 atom stereocenters. The highest BCUT2D eigenvalue weighted by molar-refractivity contribution is 5.00. The quantitative estimate of drug-likeness (QED) is 0.725. The molecule has 2 heteroatoms. The number of hydrogen-bond acceptors (Lipinski definition) is 2. The number of rotatable bonds is 2. The Kier molecular flexibility index (Phi) is 2.85. The molecule has 0 unspecified atom stereocenters. The molecule has 1 saturated heterocycles. The van der Waals surface area contributed by atoms with Gasteiger partial charge in [-0.15, -0.1) is 0 Å². The van der Waals surface area contributed by atoms with E-state index in [9.17, 15) is 0 Å². The van der Waals surface area contributed by atoms with Gasteiger partial charge in [0.05, 0.1) is 0 Å². The maximum atomic E-state index is 3.65. The van der Waals surface area contributed by atoms with Gasteiger partial charge in [0.1, 0.15) is 0 Å². The fourth-order valence-electron chi connectivity index (χ4n) is 3.08. The van der Waals surface area contributed by atoms with E-state index in [2.05, 4.69) is 31.1 Å². The van der Waals surface area contributed by atoms with Crippen LogP contribution in [0.2, 0.25) is 0 Å². The van der Waals surface area contributed by atoms with Crippen LogP contribution in [0.5, 0.6) is 0 Å². The average molecular weight is 196 g/mol. The summed E-state index contributed by atoms with van der Waals surface area (Å²) in [6.07, 6.45) is 5.72. The molecule has 1 aliphatic heterocycles. The van der Waals surface area contributed by atoms with Gasteiger partial charge < -0.3 is 10.2 Å². The molecule has 1 heterocycles. The minimum absolute atomic E-state index is 0.656. The lowest BCUT2D eigenvalue weighted by Gasteiger charge is -2.52. The van der Waals surface area contributed by atoms with E-state index >= 15 is 0 Å². The topological polar surface area (TPSA) is 15.3 Å². The van der Waals surface area contributed by atoms with Crippen molar-refractivity contribution in [2.24, 2.45) is 5.41 Å². The lowest BCUT2D eigenvalue weighted by molar-refractivity contribution is 0.0109. The van der Waals surface area contributed by atoms with Crippen molar-refractivity contribution in [1.82, 2.24) is 10.2 Å². The predicted molar refractivity (Wildman–Crippen MR) is 60.5 cm³/mol. The zero-order chi connectivity index (χ0) is 10.2. The van der Waals surface area contributed by atoms with Crippen LogP contribution in [0.4, 0.5) is 0 Å². The van der Waals surface area contributed by atoms with Crippen molar-refractivity contribution in [1.29, 1.82) is 0 Å². The second kappa shape index (κ2) is 3.82. The number of hydrogen-bond donors (Lipinski definition) is 1. The molecular formula is C12H24N2. The van der Waals surface area contributed by atoms with Crippen LogP contribution in [0.3, 0.4) is 0 Å². The summed E-state index contributed by atoms with van der Waals surface area (Å²) in [7, 11) is 2.25. The van der Waals surface area contributed by atoms with Crippen LogP contribution < -0.4 is 5.32 Å². The van der Waals surface area contributed by atoms with Crippen molar-refractivity contribution in [3.63, 3.8) is 0 Å². The van der Waals surface area contributed by atoms with Gasteiger partial charge in [-0.3, -0.25) is 0 Å². The fourth-order valence-corrected chi connectivity index (χ4v) is 3.08. The smallest absolute Gasteiger partial charge is 0.00800 e. The van der Waals surface area contributed by atoms with Gasteiger partial charge in [-0.2, -0.15) is 0 Å². The normalized spacial score (nSPS) is 28.3. The Labute approximate surface area is 88.1 Å². The predicted octanol–water partition coefficient (Wildman–Crippen LogP) is 1.86. The van der Waals surface area contributed by atoms with Crippen LogP contribution in [0, 0.1) is 5.41 Å². The standard InChI is InChI=1S/C12H24N2/c1-10(2)13-11-8-12(9-11)4-6-14(3)7-5-12/h10-11,13H,4-9H2,1-3H3. The molecule has 0 aromatic rings. The number of piperidine rings is 1. The van der Waals surface area contributed by atoms with Crippen molar-refractivity contribution in [2.45, 2.75) is 51.6 Å². The molecule has 1 N–H and O–H groups in total. The third-order valence-corrected chi connectivity index (χ3v) is 3.98. The molecule has 2 aliphatic rings. The number of likely N-dealkylation sites (tertiary alicyclic amines) is 1. The summed E-state index contributed by atoms with van der Waals surface area (Å²) in [6, 6.07) is 1.47. The SMILES string of the molecule is CC(C)NC1CC2(CCN(C)CC2)C1. The Morgan fingerprint density at radius 3 is 2.29 bits per heavy atom. The molecule has 0 aromatic heterocycles. The Balaban J connectivity index is 1.75. The van der Waals surface area contributed by atoms with E-state index in [0.29, 0.717) is 6.04 Å². The fraction of sp³-hybridized carbons (Fsp3) is 1.00.